The Labute approximate surface area is 83.0 Å². The highest BCUT2D eigenvalue weighted by molar-refractivity contribution is 5.91. The van der Waals surface area contributed by atoms with E-state index in [1.54, 1.807) is 6.92 Å². The van der Waals surface area contributed by atoms with Crippen molar-refractivity contribution in [2.24, 2.45) is 11.1 Å². The van der Waals surface area contributed by atoms with Gasteiger partial charge in [0.2, 0.25) is 0 Å². The maximum atomic E-state index is 11.6. The molecule has 1 fully saturated rings. The Morgan fingerprint density at radius 1 is 1.50 bits per heavy atom. The number of carbonyl (C=O) groups is 2. The van der Waals surface area contributed by atoms with Crippen molar-refractivity contribution in [3.63, 3.8) is 0 Å². The highest BCUT2D eigenvalue weighted by Crippen LogP contribution is 2.56. The van der Waals surface area contributed by atoms with Crippen LogP contribution in [0.4, 0.5) is 4.79 Å². The molecule has 0 aliphatic heterocycles. The molecule has 1 aliphatic carbocycles. The molecule has 3 N–H and O–H groups in total. The Balaban J connectivity index is 2.76. The van der Waals surface area contributed by atoms with Crippen LogP contribution >= 0.6 is 0 Å². The largest absolute Gasteiger partial charge is 0.464 e. The maximum absolute atomic E-state index is 11.6. The molecule has 0 aromatic rings. The first-order valence-corrected chi connectivity index (χ1v) is 4.60. The Kier molecular flexibility index (Phi) is 2.43. The van der Waals surface area contributed by atoms with Gasteiger partial charge in [-0.1, -0.05) is 13.8 Å². The third-order valence-electron chi connectivity index (χ3n) is 2.70. The molecule has 1 atom stereocenters. The highest BCUT2D eigenvalue weighted by atomic mass is 16.5. The minimum atomic E-state index is -0.908. The Morgan fingerprint density at radius 3 is 2.29 bits per heavy atom. The van der Waals surface area contributed by atoms with Crippen molar-refractivity contribution in [3.05, 3.63) is 0 Å². The SMILES string of the molecule is CCOC(=O)C1(NC(N)=O)CC1(C)C. The lowest BCUT2D eigenvalue weighted by Gasteiger charge is -2.18. The topological polar surface area (TPSA) is 81.4 Å². The van der Waals surface area contributed by atoms with Gasteiger partial charge < -0.3 is 15.8 Å². The van der Waals surface area contributed by atoms with Crippen molar-refractivity contribution in [3.8, 4) is 0 Å². The van der Waals surface area contributed by atoms with E-state index in [9.17, 15) is 9.59 Å². The first-order valence-electron chi connectivity index (χ1n) is 4.60. The number of amides is 2. The third kappa shape index (κ3) is 1.54. The summed E-state index contributed by atoms with van der Waals surface area (Å²) in [4.78, 5) is 22.3. The second kappa shape index (κ2) is 3.15. The first kappa shape index (κ1) is 10.8. The molecule has 0 spiro atoms. The monoisotopic (exact) mass is 200 g/mol. The molecular formula is C9H16N2O3. The van der Waals surface area contributed by atoms with Crippen LogP contribution in [0, 0.1) is 5.41 Å². The van der Waals surface area contributed by atoms with Crippen LogP contribution < -0.4 is 11.1 Å². The predicted octanol–water partition coefficient (Wildman–Crippen LogP) is 0.386. The third-order valence-corrected chi connectivity index (χ3v) is 2.70. The molecule has 5 heteroatoms. The van der Waals surface area contributed by atoms with E-state index in [-0.39, 0.29) is 5.41 Å². The van der Waals surface area contributed by atoms with Gasteiger partial charge in [0.15, 0.2) is 0 Å². The fourth-order valence-electron chi connectivity index (χ4n) is 1.70. The molecular weight excluding hydrogens is 184 g/mol. The van der Waals surface area contributed by atoms with Crippen molar-refractivity contribution < 1.29 is 14.3 Å². The number of nitrogens with two attached hydrogens (primary N) is 1. The minimum absolute atomic E-state index is 0.270. The van der Waals surface area contributed by atoms with Gasteiger partial charge >= 0.3 is 12.0 Å². The molecule has 0 bridgehead atoms. The molecule has 80 valence electrons. The number of esters is 1. The summed E-state index contributed by atoms with van der Waals surface area (Å²) >= 11 is 0. The Hall–Kier alpha value is -1.26. The van der Waals surface area contributed by atoms with Crippen LogP contribution in [0.5, 0.6) is 0 Å². The van der Waals surface area contributed by atoms with E-state index in [0.717, 1.165) is 0 Å². The number of hydrogen-bond acceptors (Lipinski definition) is 3. The number of hydrogen-bond donors (Lipinski definition) is 2. The zero-order valence-corrected chi connectivity index (χ0v) is 8.72. The lowest BCUT2D eigenvalue weighted by molar-refractivity contribution is -0.147. The van der Waals surface area contributed by atoms with E-state index in [4.69, 9.17) is 10.5 Å². The second-order valence-electron chi connectivity index (χ2n) is 4.18. The summed E-state index contributed by atoms with van der Waals surface area (Å²) in [7, 11) is 0. The van der Waals surface area contributed by atoms with Gasteiger partial charge in [0.05, 0.1) is 6.61 Å². The smallest absolute Gasteiger partial charge is 0.332 e. The van der Waals surface area contributed by atoms with Gasteiger partial charge in [0, 0.05) is 5.41 Å². The zero-order chi connectivity index (χ0) is 11.0. The molecule has 1 unspecified atom stereocenters. The van der Waals surface area contributed by atoms with Crippen LogP contribution in [0.1, 0.15) is 27.2 Å². The average Bonchev–Trinajstić information content (AvgIpc) is 2.53. The number of urea groups is 1. The van der Waals surface area contributed by atoms with E-state index in [1.807, 2.05) is 13.8 Å². The summed E-state index contributed by atoms with van der Waals surface area (Å²) < 4.78 is 4.90. The van der Waals surface area contributed by atoms with Crippen LogP contribution in [0.15, 0.2) is 0 Å². The molecule has 0 aromatic heterocycles. The molecule has 2 amide bonds. The van der Waals surface area contributed by atoms with Crippen LogP contribution in [0.2, 0.25) is 0 Å². The number of nitrogens with one attached hydrogen (secondary N) is 1. The van der Waals surface area contributed by atoms with Crippen LogP contribution in [0.25, 0.3) is 0 Å². The number of primary amides is 1. The molecule has 0 heterocycles. The minimum Gasteiger partial charge on any atom is -0.464 e. The standard InChI is InChI=1S/C9H16N2O3/c1-4-14-6(12)9(11-7(10)13)5-8(9,2)3/h4-5H2,1-3H3,(H3,10,11,13). The van der Waals surface area contributed by atoms with Crippen molar-refractivity contribution in [1.82, 2.24) is 5.32 Å². The van der Waals surface area contributed by atoms with E-state index in [1.165, 1.54) is 0 Å². The van der Waals surface area contributed by atoms with E-state index < -0.39 is 17.5 Å². The van der Waals surface area contributed by atoms with Gasteiger partial charge in [-0.25, -0.2) is 9.59 Å². The zero-order valence-electron chi connectivity index (χ0n) is 8.72. The van der Waals surface area contributed by atoms with Crippen molar-refractivity contribution >= 4 is 12.0 Å². The molecule has 5 nitrogen and oxygen atoms in total. The number of rotatable bonds is 3. The molecule has 1 saturated carbocycles. The quantitative estimate of drug-likeness (QED) is 0.646. The van der Waals surface area contributed by atoms with Crippen LogP contribution in [-0.4, -0.2) is 24.1 Å². The van der Waals surface area contributed by atoms with Crippen molar-refractivity contribution in [2.75, 3.05) is 6.61 Å². The van der Waals surface area contributed by atoms with E-state index >= 15 is 0 Å². The van der Waals surface area contributed by atoms with Crippen LogP contribution in [-0.2, 0) is 9.53 Å². The van der Waals surface area contributed by atoms with Crippen LogP contribution in [0.3, 0.4) is 0 Å². The Morgan fingerprint density at radius 2 is 2.00 bits per heavy atom. The average molecular weight is 200 g/mol. The first-order chi connectivity index (χ1) is 6.35. The van der Waals surface area contributed by atoms with Crippen molar-refractivity contribution in [1.29, 1.82) is 0 Å². The van der Waals surface area contributed by atoms with Gasteiger partial charge in [-0.2, -0.15) is 0 Å². The lowest BCUT2D eigenvalue weighted by atomic mass is 10.1. The van der Waals surface area contributed by atoms with Gasteiger partial charge in [0.1, 0.15) is 5.54 Å². The summed E-state index contributed by atoms with van der Waals surface area (Å²) in [5, 5.41) is 2.47. The predicted molar refractivity (Wildman–Crippen MR) is 50.5 cm³/mol. The van der Waals surface area contributed by atoms with Gasteiger partial charge in [0.25, 0.3) is 0 Å². The highest BCUT2D eigenvalue weighted by Gasteiger charge is 2.68. The molecule has 1 aliphatic rings. The normalized spacial score (nSPS) is 27.9. The fourth-order valence-corrected chi connectivity index (χ4v) is 1.70. The molecule has 0 radical (unpaired) electrons. The summed E-state index contributed by atoms with van der Waals surface area (Å²) in [6.07, 6.45) is 0.571. The fraction of sp³-hybridized carbons (Fsp3) is 0.778. The lowest BCUT2D eigenvalue weighted by Crippen LogP contribution is -2.49. The molecule has 1 rings (SSSR count). The summed E-state index contributed by atoms with van der Waals surface area (Å²) in [6.45, 7) is 5.81. The number of ether oxygens (including phenoxy) is 1. The second-order valence-corrected chi connectivity index (χ2v) is 4.18. The Bertz CT molecular complexity index is 275. The number of carbonyl (C=O) groups excluding carboxylic acids is 2. The maximum Gasteiger partial charge on any atom is 0.332 e. The molecule has 14 heavy (non-hydrogen) atoms. The summed E-state index contributed by atoms with van der Waals surface area (Å²) in [6, 6.07) is -0.691. The molecule has 0 aromatic carbocycles. The molecule has 0 saturated heterocycles. The van der Waals surface area contributed by atoms with Crippen molar-refractivity contribution in [2.45, 2.75) is 32.7 Å². The van der Waals surface area contributed by atoms with E-state index in [2.05, 4.69) is 5.32 Å². The summed E-state index contributed by atoms with van der Waals surface area (Å²) in [5.74, 6) is -0.399. The van der Waals surface area contributed by atoms with Gasteiger partial charge in [-0.15, -0.1) is 0 Å². The van der Waals surface area contributed by atoms with Gasteiger partial charge in [-0.05, 0) is 13.3 Å². The van der Waals surface area contributed by atoms with E-state index in [0.29, 0.717) is 13.0 Å². The summed E-state index contributed by atoms with van der Waals surface area (Å²) in [5.41, 5.74) is 3.84. The van der Waals surface area contributed by atoms with Gasteiger partial charge in [-0.3, -0.25) is 0 Å².